The van der Waals surface area contributed by atoms with Gasteiger partial charge < -0.3 is 10.1 Å². The maximum atomic E-state index is 13.0. The highest BCUT2D eigenvalue weighted by atomic mass is 32.1. The summed E-state index contributed by atoms with van der Waals surface area (Å²) in [6.45, 7) is 0.998. The zero-order chi connectivity index (χ0) is 21.3. The lowest BCUT2D eigenvalue weighted by molar-refractivity contribution is -0.143. The zero-order valence-electron chi connectivity index (χ0n) is 15.0. The lowest BCUT2D eigenvalue weighted by Crippen LogP contribution is -2.44. The van der Waals surface area contributed by atoms with E-state index in [1.54, 1.807) is 0 Å². The quantitative estimate of drug-likeness (QED) is 0.663. The van der Waals surface area contributed by atoms with Crippen LogP contribution in [0.4, 0.5) is 26.3 Å². The average molecular weight is 437 g/mol. The fraction of sp³-hybridized carbons (Fsp3) is 0.421. The first-order valence-corrected chi connectivity index (χ1v) is 9.59. The van der Waals surface area contributed by atoms with Crippen molar-refractivity contribution in [2.24, 2.45) is 0 Å². The van der Waals surface area contributed by atoms with Crippen LogP contribution >= 0.6 is 11.3 Å². The Labute approximate surface area is 166 Å². The van der Waals surface area contributed by atoms with Crippen molar-refractivity contribution in [2.45, 2.75) is 30.6 Å². The predicted molar refractivity (Wildman–Crippen MR) is 94.8 cm³/mol. The molecule has 3 rings (SSSR count). The summed E-state index contributed by atoms with van der Waals surface area (Å²) in [5.74, 6) is -0.982. The Morgan fingerprint density at radius 2 is 1.62 bits per heavy atom. The number of halogens is 6. The second kappa shape index (κ2) is 7.98. The van der Waals surface area contributed by atoms with Crippen LogP contribution < -0.4 is 5.32 Å². The molecule has 10 heteroatoms. The van der Waals surface area contributed by atoms with Crippen molar-refractivity contribution in [1.82, 2.24) is 5.32 Å². The number of benzene rings is 1. The molecular formula is C19H17F6NO2S. The summed E-state index contributed by atoms with van der Waals surface area (Å²) in [5.41, 5.74) is -4.18. The second-order valence-electron chi connectivity index (χ2n) is 6.85. The number of thiophene rings is 1. The van der Waals surface area contributed by atoms with Crippen molar-refractivity contribution in [3.63, 3.8) is 0 Å². The van der Waals surface area contributed by atoms with Gasteiger partial charge >= 0.3 is 12.4 Å². The molecular weight excluding hydrogens is 420 g/mol. The molecule has 0 unspecified atom stereocenters. The summed E-state index contributed by atoms with van der Waals surface area (Å²) in [7, 11) is 0. The van der Waals surface area contributed by atoms with Gasteiger partial charge in [0.25, 0.3) is 5.91 Å². The number of carbonyl (C=O) groups excluding carboxylic acids is 1. The van der Waals surface area contributed by atoms with E-state index in [9.17, 15) is 31.1 Å². The SMILES string of the molecule is O=C(NCC1(c2cccs2)CCOCC1)c1cc(C(F)(F)F)cc(C(F)(F)F)c1. The third-order valence-corrected chi connectivity index (χ3v) is 6.05. The molecule has 3 nitrogen and oxygen atoms in total. The van der Waals surface area contributed by atoms with Gasteiger partial charge in [0.1, 0.15) is 0 Å². The van der Waals surface area contributed by atoms with E-state index >= 15 is 0 Å². The molecule has 1 amide bonds. The van der Waals surface area contributed by atoms with Gasteiger partial charge in [-0.05, 0) is 42.5 Å². The zero-order valence-corrected chi connectivity index (χ0v) is 15.8. The van der Waals surface area contributed by atoms with Crippen LogP contribution in [0.2, 0.25) is 0 Å². The summed E-state index contributed by atoms with van der Waals surface area (Å²) in [4.78, 5) is 13.5. The van der Waals surface area contributed by atoms with E-state index in [0.717, 1.165) is 4.88 Å². The first-order chi connectivity index (χ1) is 13.5. The Morgan fingerprint density at radius 3 is 2.10 bits per heavy atom. The molecule has 1 fully saturated rings. The van der Waals surface area contributed by atoms with E-state index < -0.39 is 40.4 Å². The third kappa shape index (κ3) is 4.92. The van der Waals surface area contributed by atoms with Gasteiger partial charge in [-0.25, -0.2) is 0 Å². The second-order valence-corrected chi connectivity index (χ2v) is 7.79. The smallest absolute Gasteiger partial charge is 0.381 e. The van der Waals surface area contributed by atoms with Gasteiger partial charge in [-0.1, -0.05) is 6.07 Å². The third-order valence-electron chi connectivity index (χ3n) is 4.93. The Morgan fingerprint density at radius 1 is 1.03 bits per heavy atom. The van der Waals surface area contributed by atoms with E-state index in [2.05, 4.69) is 5.32 Å². The molecule has 2 heterocycles. The molecule has 1 aromatic heterocycles. The number of hydrogen-bond acceptors (Lipinski definition) is 3. The standard InChI is InChI=1S/C19H17F6NO2S/c20-18(21,22)13-8-12(9-14(10-13)19(23,24)25)16(27)26-11-17(3-5-28-6-4-17)15-2-1-7-29-15/h1-2,7-10H,3-6,11H2,(H,26,27). The van der Waals surface area contributed by atoms with Crippen LogP contribution in [-0.2, 0) is 22.5 Å². The first kappa shape index (κ1) is 21.6. The van der Waals surface area contributed by atoms with Crippen molar-refractivity contribution < 1.29 is 35.9 Å². The molecule has 0 saturated carbocycles. The van der Waals surface area contributed by atoms with Gasteiger partial charge in [-0.2, -0.15) is 26.3 Å². The van der Waals surface area contributed by atoms with Crippen LogP contribution in [0, 0.1) is 0 Å². The van der Waals surface area contributed by atoms with Gasteiger partial charge in [0.2, 0.25) is 0 Å². The van der Waals surface area contributed by atoms with Crippen LogP contribution in [0.15, 0.2) is 35.7 Å². The van der Waals surface area contributed by atoms with Gasteiger partial charge in [-0.15, -0.1) is 11.3 Å². The number of rotatable bonds is 4. The topological polar surface area (TPSA) is 38.3 Å². The minimum Gasteiger partial charge on any atom is -0.381 e. The molecule has 158 valence electrons. The summed E-state index contributed by atoms with van der Waals surface area (Å²) < 4.78 is 83.4. The van der Waals surface area contributed by atoms with Crippen LogP contribution in [0.25, 0.3) is 0 Å². The fourth-order valence-corrected chi connectivity index (χ4v) is 4.28. The summed E-state index contributed by atoms with van der Waals surface area (Å²) in [6.07, 6.45) is -8.83. The van der Waals surface area contributed by atoms with Crippen LogP contribution in [0.3, 0.4) is 0 Å². The molecule has 2 aromatic rings. The van der Waals surface area contributed by atoms with Crippen LogP contribution in [-0.4, -0.2) is 25.7 Å². The molecule has 0 bridgehead atoms. The molecule has 0 radical (unpaired) electrons. The van der Waals surface area contributed by atoms with Crippen molar-refractivity contribution >= 4 is 17.2 Å². The van der Waals surface area contributed by atoms with E-state index in [4.69, 9.17) is 4.74 Å². The van der Waals surface area contributed by atoms with Crippen molar-refractivity contribution in [3.05, 3.63) is 57.3 Å². The number of ether oxygens (including phenoxy) is 1. The monoisotopic (exact) mass is 437 g/mol. The highest BCUT2D eigenvalue weighted by Gasteiger charge is 2.39. The van der Waals surface area contributed by atoms with E-state index in [1.165, 1.54) is 11.3 Å². The molecule has 29 heavy (non-hydrogen) atoms. The molecule has 0 spiro atoms. The molecule has 1 aliphatic rings. The maximum absolute atomic E-state index is 13.0. The molecule has 1 saturated heterocycles. The number of amides is 1. The van der Waals surface area contributed by atoms with E-state index in [1.807, 2.05) is 17.5 Å². The highest BCUT2D eigenvalue weighted by Crippen LogP contribution is 2.38. The van der Waals surface area contributed by atoms with Crippen molar-refractivity contribution in [1.29, 1.82) is 0 Å². The predicted octanol–water partition coefficient (Wildman–Crippen LogP) is 5.26. The summed E-state index contributed by atoms with van der Waals surface area (Å²) in [6, 6.07) is 4.62. The Bertz CT molecular complexity index is 822. The Kier molecular flexibility index (Phi) is 5.96. The number of hydrogen-bond donors (Lipinski definition) is 1. The fourth-order valence-electron chi connectivity index (χ4n) is 3.29. The number of nitrogens with one attached hydrogen (secondary N) is 1. The minimum atomic E-state index is -5.00. The van der Waals surface area contributed by atoms with Crippen molar-refractivity contribution in [3.8, 4) is 0 Å². The number of carbonyl (C=O) groups is 1. The Hall–Kier alpha value is -2.07. The average Bonchev–Trinajstić information content (AvgIpc) is 3.20. The molecule has 1 N–H and O–H groups in total. The van der Waals surface area contributed by atoms with Gasteiger partial charge in [-0.3, -0.25) is 4.79 Å². The molecule has 0 atom stereocenters. The van der Waals surface area contributed by atoms with E-state index in [-0.39, 0.29) is 12.6 Å². The van der Waals surface area contributed by atoms with Gasteiger partial charge in [0.05, 0.1) is 11.1 Å². The normalized spacial score (nSPS) is 17.2. The van der Waals surface area contributed by atoms with E-state index in [0.29, 0.717) is 38.2 Å². The molecule has 1 aliphatic heterocycles. The lowest BCUT2D eigenvalue weighted by Gasteiger charge is -2.36. The van der Waals surface area contributed by atoms with Crippen molar-refractivity contribution in [2.75, 3.05) is 19.8 Å². The number of alkyl halides is 6. The lowest BCUT2D eigenvalue weighted by atomic mass is 9.78. The summed E-state index contributed by atoms with van der Waals surface area (Å²) >= 11 is 1.48. The summed E-state index contributed by atoms with van der Waals surface area (Å²) in [5, 5.41) is 4.40. The largest absolute Gasteiger partial charge is 0.416 e. The molecule has 1 aromatic carbocycles. The Balaban J connectivity index is 1.86. The first-order valence-electron chi connectivity index (χ1n) is 8.71. The van der Waals surface area contributed by atoms with Crippen LogP contribution in [0.5, 0.6) is 0 Å². The minimum absolute atomic E-state index is 0.00238. The van der Waals surface area contributed by atoms with Crippen LogP contribution in [0.1, 0.15) is 39.2 Å². The van der Waals surface area contributed by atoms with Gasteiger partial charge in [0.15, 0.2) is 0 Å². The molecule has 0 aliphatic carbocycles. The highest BCUT2D eigenvalue weighted by molar-refractivity contribution is 7.10. The van der Waals surface area contributed by atoms with Gasteiger partial charge in [0, 0.05) is 35.6 Å². The maximum Gasteiger partial charge on any atom is 0.416 e.